The molecule has 6 heteroatoms. The number of esters is 1. The summed E-state index contributed by atoms with van der Waals surface area (Å²) in [4.78, 5) is 25.8. The molecule has 0 aliphatic carbocycles. The van der Waals surface area contributed by atoms with Gasteiger partial charge in [-0.25, -0.2) is 4.79 Å². The van der Waals surface area contributed by atoms with Crippen LogP contribution in [0.2, 0.25) is 0 Å². The first-order valence-corrected chi connectivity index (χ1v) is 10.9. The predicted octanol–water partition coefficient (Wildman–Crippen LogP) is 5.64. The zero-order valence-corrected chi connectivity index (χ0v) is 19.3. The van der Waals surface area contributed by atoms with Gasteiger partial charge in [0.05, 0.1) is 18.2 Å². The molecular weight excluding hydrogens is 430 g/mol. The smallest absolute Gasteiger partial charge is 0.343 e. The van der Waals surface area contributed by atoms with E-state index in [-0.39, 0.29) is 11.5 Å². The molecule has 6 nitrogen and oxygen atoms in total. The van der Waals surface area contributed by atoms with E-state index in [0.717, 1.165) is 27.8 Å². The van der Waals surface area contributed by atoms with Crippen molar-refractivity contribution in [3.63, 3.8) is 0 Å². The Morgan fingerprint density at radius 3 is 2.62 bits per heavy atom. The first-order valence-electron chi connectivity index (χ1n) is 10.9. The maximum absolute atomic E-state index is 13.1. The van der Waals surface area contributed by atoms with Gasteiger partial charge in [-0.15, -0.1) is 0 Å². The summed E-state index contributed by atoms with van der Waals surface area (Å²) < 4.78 is 19.0. The summed E-state index contributed by atoms with van der Waals surface area (Å²) in [6.45, 7) is 3.63. The lowest BCUT2D eigenvalue weighted by Crippen LogP contribution is -2.11. The molecule has 2 heterocycles. The summed E-state index contributed by atoms with van der Waals surface area (Å²) in [6.07, 6.45) is 3.68. The second-order valence-corrected chi connectivity index (χ2v) is 8.29. The van der Waals surface area contributed by atoms with Crippen molar-refractivity contribution < 1.29 is 23.8 Å². The number of fused-ring (bicyclic) bond motifs is 2. The highest BCUT2D eigenvalue weighted by Crippen LogP contribution is 2.40. The number of ketones is 1. The van der Waals surface area contributed by atoms with Crippen LogP contribution >= 0.6 is 0 Å². The van der Waals surface area contributed by atoms with Crippen molar-refractivity contribution in [1.29, 1.82) is 0 Å². The average Bonchev–Trinajstić information content (AvgIpc) is 3.32. The van der Waals surface area contributed by atoms with E-state index in [4.69, 9.17) is 14.2 Å². The van der Waals surface area contributed by atoms with Crippen molar-refractivity contribution in [3.8, 4) is 17.2 Å². The molecule has 1 aliphatic rings. The van der Waals surface area contributed by atoms with Gasteiger partial charge in [-0.1, -0.05) is 18.2 Å². The largest absolute Gasteiger partial charge is 0.497 e. The number of Topliss-reactive ketones (excluding diaryl/α,β-unsaturated/α-hetero) is 1. The molecule has 5 rings (SSSR count). The molecular formula is C28H23NO5. The number of hydrogen-bond acceptors (Lipinski definition) is 5. The number of aryl methyl sites for hydroxylation is 2. The van der Waals surface area contributed by atoms with E-state index in [1.165, 1.54) is 0 Å². The third kappa shape index (κ3) is 3.53. The predicted molar refractivity (Wildman–Crippen MR) is 130 cm³/mol. The molecule has 0 spiro atoms. The van der Waals surface area contributed by atoms with Crippen LogP contribution in [0.4, 0.5) is 0 Å². The van der Waals surface area contributed by atoms with Gasteiger partial charge in [0.15, 0.2) is 5.76 Å². The number of nitrogens with zero attached hydrogens (tertiary/aromatic N) is 1. The van der Waals surface area contributed by atoms with Crippen LogP contribution in [0.1, 0.15) is 37.4 Å². The average molecular weight is 453 g/mol. The van der Waals surface area contributed by atoms with Crippen LogP contribution in [0.15, 0.2) is 66.6 Å². The molecule has 0 radical (unpaired) electrons. The number of ether oxygens (including phenoxy) is 3. The lowest BCUT2D eigenvalue weighted by atomic mass is 10.1. The molecule has 0 bridgehead atoms. The lowest BCUT2D eigenvalue weighted by Gasteiger charge is -2.11. The molecule has 1 aliphatic heterocycles. The molecule has 4 aromatic rings. The van der Waals surface area contributed by atoms with Gasteiger partial charge in [-0.2, -0.15) is 0 Å². The number of hydrogen-bond donors (Lipinski definition) is 0. The molecule has 0 atom stereocenters. The number of carbonyl (C=O) groups is 2. The minimum Gasteiger partial charge on any atom is -0.497 e. The van der Waals surface area contributed by atoms with Gasteiger partial charge in [-0.3, -0.25) is 4.79 Å². The molecule has 3 aromatic carbocycles. The number of rotatable bonds is 4. The number of benzene rings is 3. The number of allylic oxidation sites excluding steroid dienone is 1. The highest BCUT2D eigenvalue weighted by molar-refractivity contribution is 6.15. The Kier molecular flexibility index (Phi) is 5.21. The Labute approximate surface area is 197 Å². The van der Waals surface area contributed by atoms with Crippen LogP contribution in [-0.2, 0) is 7.05 Å². The number of aromatic nitrogens is 1. The highest BCUT2D eigenvalue weighted by atomic mass is 16.5. The van der Waals surface area contributed by atoms with Crippen LogP contribution in [0.3, 0.4) is 0 Å². The quantitative estimate of drug-likeness (QED) is 0.227. The fourth-order valence-electron chi connectivity index (χ4n) is 4.22. The summed E-state index contributed by atoms with van der Waals surface area (Å²) >= 11 is 0. The molecule has 1 aromatic heterocycles. The van der Waals surface area contributed by atoms with Gasteiger partial charge in [0.25, 0.3) is 0 Å². The Balaban J connectivity index is 1.48. The van der Waals surface area contributed by atoms with E-state index in [9.17, 15) is 9.59 Å². The molecule has 0 unspecified atom stereocenters. The van der Waals surface area contributed by atoms with Crippen molar-refractivity contribution in [2.24, 2.45) is 7.05 Å². The standard InChI is InChI=1S/C28H23NO5/c1-16-7-5-6-8-20(16)28(31)34-24-12-10-21-26(30)25(33-27(21)17(24)2)13-18-15-29(3)23-11-9-19(32-4)14-22(18)23/h5-15H,1-4H3/b25-13+. The van der Waals surface area contributed by atoms with Crippen LogP contribution < -0.4 is 14.2 Å². The fraction of sp³-hybridized carbons (Fsp3) is 0.143. The molecule has 0 saturated carbocycles. The van der Waals surface area contributed by atoms with Gasteiger partial charge in [0.1, 0.15) is 17.2 Å². The topological polar surface area (TPSA) is 66.8 Å². The Morgan fingerprint density at radius 1 is 1.06 bits per heavy atom. The minimum absolute atomic E-state index is 0.213. The summed E-state index contributed by atoms with van der Waals surface area (Å²) in [7, 11) is 3.57. The summed E-state index contributed by atoms with van der Waals surface area (Å²) in [5.41, 5.74) is 4.21. The maximum atomic E-state index is 13.1. The number of carbonyl (C=O) groups excluding carboxylic acids is 2. The molecule has 0 saturated heterocycles. The molecule has 170 valence electrons. The van der Waals surface area contributed by atoms with Gasteiger partial charge in [-0.05, 0) is 61.9 Å². The van der Waals surface area contributed by atoms with E-state index < -0.39 is 5.97 Å². The summed E-state index contributed by atoms with van der Waals surface area (Å²) in [5, 5.41) is 0.950. The third-order valence-corrected chi connectivity index (χ3v) is 6.12. The van der Waals surface area contributed by atoms with Crippen molar-refractivity contribution >= 4 is 28.7 Å². The van der Waals surface area contributed by atoms with Gasteiger partial charge < -0.3 is 18.8 Å². The highest BCUT2D eigenvalue weighted by Gasteiger charge is 2.31. The van der Waals surface area contributed by atoms with Crippen LogP contribution in [0, 0.1) is 13.8 Å². The van der Waals surface area contributed by atoms with Crippen LogP contribution in [-0.4, -0.2) is 23.4 Å². The van der Waals surface area contributed by atoms with Crippen LogP contribution in [0.25, 0.3) is 17.0 Å². The molecule has 0 N–H and O–H groups in total. The SMILES string of the molecule is COc1ccc2c(c1)c(/C=C1/Oc3c(ccc(OC(=O)c4ccccc4C)c3C)C1=O)cn2C. The monoisotopic (exact) mass is 453 g/mol. The van der Waals surface area contributed by atoms with Crippen molar-refractivity contribution in [2.45, 2.75) is 13.8 Å². The Morgan fingerprint density at radius 2 is 1.85 bits per heavy atom. The van der Waals surface area contributed by atoms with E-state index in [1.807, 2.05) is 55.1 Å². The van der Waals surface area contributed by atoms with Gasteiger partial charge in [0.2, 0.25) is 5.78 Å². The van der Waals surface area contributed by atoms with Crippen molar-refractivity contribution in [3.05, 3.63) is 94.4 Å². The second kappa shape index (κ2) is 8.23. The first-order chi connectivity index (χ1) is 16.4. The fourth-order valence-corrected chi connectivity index (χ4v) is 4.22. The molecule has 34 heavy (non-hydrogen) atoms. The van der Waals surface area contributed by atoms with Gasteiger partial charge in [0, 0.05) is 35.3 Å². The third-order valence-electron chi connectivity index (χ3n) is 6.12. The van der Waals surface area contributed by atoms with Crippen molar-refractivity contribution in [2.75, 3.05) is 7.11 Å². The van der Waals surface area contributed by atoms with E-state index >= 15 is 0 Å². The van der Waals surface area contributed by atoms with Crippen LogP contribution in [0.5, 0.6) is 17.2 Å². The van der Waals surface area contributed by atoms with E-state index in [0.29, 0.717) is 28.2 Å². The summed E-state index contributed by atoms with van der Waals surface area (Å²) in [6, 6.07) is 16.3. The van der Waals surface area contributed by atoms with E-state index in [1.54, 1.807) is 44.4 Å². The second-order valence-electron chi connectivity index (χ2n) is 8.29. The lowest BCUT2D eigenvalue weighted by molar-refractivity contribution is 0.0732. The normalized spacial score (nSPS) is 13.8. The Hall–Kier alpha value is -4.32. The molecule has 0 amide bonds. The van der Waals surface area contributed by atoms with Crippen molar-refractivity contribution in [1.82, 2.24) is 4.57 Å². The zero-order chi connectivity index (χ0) is 24.0. The Bertz CT molecular complexity index is 1510. The maximum Gasteiger partial charge on any atom is 0.343 e. The van der Waals surface area contributed by atoms with Gasteiger partial charge >= 0.3 is 5.97 Å². The zero-order valence-electron chi connectivity index (χ0n) is 19.3. The van der Waals surface area contributed by atoms with E-state index in [2.05, 4.69) is 0 Å². The minimum atomic E-state index is -0.453. The number of methoxy groups -OCH3 is 1. The summed E-state index contributed by atoms with van der Waals surface area (Å²) in [5.74, 6) is 1.05. The first kappa shape index (κ1) is 21.5. The molecule has 0 fully saturated rings.